The minimum absolute atomic E-state index is 0.0363. The summed E-state index contributed by atoms with van der Waals surface area (Å²) in [4.78, 5) is 59.9. The van der Waals surface area contributed by atoms with Gasteiger partial charge in [-0.05, 0) is 32.9 Å². The maximum atomic E-state index is 13.1. The summed E-state index contributed by atoms with van der Waals surface area (Å²) in [5.74, 6) is -2.64. The van der Waals surface area contributed by atoms with E-state index in [0.29, 0.717) is 0 Å². The number of carbonyl (C=O) groups excluding carboxylic acids is 3. The molecule has 2 unspecified atom stereocenters. The summed E-state index contributed by atoms with van der Waals surface area (Å²) in [6, 6.07) is 3.64. The molecular weight excluding hydrogens is 478 g/mol. The number of anilines is 1. The Kier molecular flexibility index (Phi) is 7.38. The topological polar surface area (TPSA) is 174 Å². The van der Waals surface area contributed by atoms with Crippen molar-refractivity contribution in [3.63, 3.8) is 0 Å². The molecule has 1 aromatic heterocycles. The number of carboxylic acid groups (broad SMARTS) is 1. The molecule has 13 heteroatoms. The summed E-state index contributed by atoms with van der Waals surface area (Å²) in [6.07, 6.45) is 1.33. The zero-order valence-corrected chi connectivity index (χ0v) is 20.3. The first-order valence-corrected chi connectivity index (χ1v) is 11.7. The number of ether oxygens (including phenoxy) is 1. The molecule has 4 N–H and O–H groups in total. The lowest BCUT2D eigenvalue weighted by molar-refractivity contribution is -0.160. The maximum Gasteiger partial charge on any atom is 0.347 e. The van der Waals surface area contributed by atoms with Crippen molar-refractivity contribution in [2.75, 3.05) is 24.6 Å². The van der Waals surface area contributed by atoms with Crippen LogP contribution in [0.2, 0.25) is 0 Å². The van der Waals surface area contributed by atoms with Crippen molar-refractivity contribution in [2.45, 2.75) is 37.8 Å². The lowest BCUT2D eigenvalue weighted by atomic mass is 9.87. The number of carboxylic acids is 1. The van der Waals surface area contributed by atoms with Gasteiger partial charge in [-0.15, -0.1) is 18.3 Å². The third-order valence-corrected chi connectivity index (χ3v) is 6.75. The lowest BCUT2D eigenvalue weighted by Crippen LogP contribution is -2.73. The fourth-order valence-corrected chi connectivity index (χ4v) is 4.99. The molecule has 188 valence electrons. The van der Waals surface area contributed by atoms with E-state index >= 15 is 0 Å². The van der Waals surface area contributed by atoms with Crippen LogP contribution in [0.1, 0.15) is 26.5 Å². The number of aliphatic carboxylic acids is 1. The summed E-state index contributed by atoms with van der Waals surface area (Å²) in [7, 11) is 0. The second-order valence-corrected chi connectivity index (χ2v) is 10.1. The molecule has 2 amide bonds. The Balaban J connectivity index is 1.73. The van der Waals surface area contributed by atoms with Crippen molar-refractivity contribution in [3.05, 3.63) is 36.5 Å². The molecule has 2 aliphatic heterocycles. The molecule has 0 saturated carbocycles. The van der Waals surface area contributed by atoms with E-state index < -0.39 is 52.8 Å². The van der Waals surface area contributed by atoms with Crippen LogP contribution >= 0.6 is 11.8 Å². The molecule has 35 heavy (non-hydrogen) atoms. The number of nitrogens with two attached hydrogens (primary N) is 1. The molecule has 2 aliphatic rings. The minimum atomic E-state index is -1.25. The van der Waals surface area contributed by atoms with Gasteiger partial charge in [0, 0.05) is 12.3 Å². The number of aromatic nitrogens is 1. The number of β-lactam (4-membered cyclic amide) rings is 1. The third-order valence-electron chi connectivity index (χ3n) is 5.20. The Labute approximate surface area is 205 Å². The second-order valence-electron chi connectivity index (χ2n) is 9.03. The first-order chi connectivity index (χ1) is 16.4. The van der Waals surface area contributed by atoms with Crippen molar-refractivity contribution < 1.29 is 33.9 Å². The number of amides is 2. The first kappa shape index (κ1) is 26.0. The van der Waals surface area contributed by atoms with Gasteiger partial charge in [0.15, 0.2) is 5.71 Å². The Morgan fingerprint density at radius 1 is 1.43 bits per heavy atom. The normalized spacial score (nSPS) is 24.0. The van der Waals surface area contributed by atoms with Crippen LogP contribution in [0.4, 0.5) is 5.82 Å². The summed E-state index contributed by atoms with van der Waals surface area (Å²) in [5, 5.41) is 15.5. The van der Waals surface area contributed by atoms with E-state index in [1.54, 1.807) is 26.8 Å². The number of nitrogens with one attached hydrogen (secondary N) is 1. The van der Waals surface area contributed by atoms with E-state index in [-0.39, 0.29) is 29.5 Å². The van der Waals surface area contributed by atoms with Crippen LogP contribution in [0, 0.1) is 5.41 Å². The van der Waals surface area contributed by atoms with Gasteiger partial charge >= 0.3 is 11.9 Å². The highest BCUT2D eigenvalue weighted by molar-refractivity contribution is 8.00. The zero-order valence-electron chi connectivity index (χ0n) is 19.5. The Morgan fingerprint density at radius 3 is 2.74 bits per heavy atom. The van der Waals surface area contributed by atoms with E-state index in [1.165, 1.54) is 34.9 Å². The van der Waals surface area contributed by atoms with E-state index in [4.69, 9.17) is 15.3 Å². The maximum absolute atomic E-state index is 13.1. The first-order valence-electron chi connectivity index (χ1n) is 10.6. The predicted octanol–water partition coefficient (Wildman–Crippen LogP) is 0.383. The Morgan fingerprint density at radius 2 is 2.14 bits per heavy atom. The molecule has 2 fully saturated rings. The van der Waals surface area contributed by atoms with Gasteiger partial charge in [-0.3, -0.25) is 14.4 Å². The van der Waals surface area contributed by atoms with Gasteiger partial charge in [-0.2, -0.15) is 0 Å². The predicted molar refractivity (Wildman–Crippen MR) is 127 cm³/mol. The number of pyridine rings is 1. The number of fused-ring (bicyclic) bond motifs is 1. The van der Waals surface area contributed by atoms with Crippen LogP contribution in [-0.2, 0) is 28.8 Å². The van der Waals surface area contributed by atoms with Crippen LogP contribution in [-0.4, -0.2) is 80.4 Å². The van der Waals surface area contributed by atoms with E-state index in [9.17, 15) is 24.3 Å². The van der Waals surface area contributed by atoms with Gasteiger partial charge in [-0.1, -0.05) is 17.3 Å². The number of oxime groups is 1. The molecule has 3 rings (SSSR count). The van der Waals surface area contributed by atoms with Crippen LogP contribution < -0.4 is 11.1 Å². The number of nitrogen functional groups attached to an aromatic ring is 1. The highest BCUT2D eigenvalue weighted by Crippen LogP contribution is 2.42. The van der Waals surface area contributed by atoms with Crippen LogP contribution in [0.3, 0.4) is 0 Å². The molecule has 0 aliphatic carbocycles. The number of hydrogen-bond acceptors (Lipinski definition) is 10. The average Bonchev–Trinajstić information content (AvgIpc) is 2.78. The molecule has 1 aromatic rings. The SMILES string of the molecule is C=CC1(C(=O)O)CS[C@@H]2C(NC(=O)C(=NOCC(=O)OC(C)(C)C)c3cccc(N)n3)C(=O)N2C1. The lowest BCUT2D eigenvalue weighted by Gasteiger charge is -2.53. The Bertz CT molecular complexity index is 1090. The molecule has 2 saturated heterocycles. The number of hydrogen-bond donors (Lipinski definition) is 3. The monoisotopic (exact) mass is 505 g/mol. The molecule has 0 aromatic carbocycles. The Hall–Kier alpha value is -3.61. The highest BCUT2D eigenvalue weighted by Gasteiger charge is 2.56. The van der Waals surface area contributed by atoms with E-state index in [1.807, 2.05) is 0 Å². The third kappa shape index (κ3) is 5.73. The molecule has 12 nitrogen and oxygen atoms in total. The fraction of sp³-hybridized carbons (Fsp3) is 0.455. The quantitative estimate of drug-likeness (QED) is 0.147. The number of thioether (sulfide) groups is 1. The fourth-order valence-electron chi connectivity index (χ4n) is 3.45. The van der Waals surface area contributed by atoms with Crippen LogP contribution in [0.15, 0.2) is 36.0 Å². The van der Waals surface area contributed by atoms with Crippen molar-refractivity contribution in [2.24, 2.45) is 10.6 Å². The van der Waals surface area contributed by atoms with Gasteiger partial charge in [0.05, 0.1) is 0 Å². The largest absolute Gasteiger partial charge is 0.481 e. The zero-order chi connectivity index (χ0) is 26.0. The summed E-state index contributed by atoms with van der Waals surface area (Å²) in [5.41, 5.74) is 3.53. The van der Waals surface area contributed by atoms with Crippen molar-refractivity contribution in [1.82, 2.24) is 15.2 Å². The number of rotatable bonds is 8. The molecule has 0 radical (unpaired) electrons. The summed E-state index contributed by atoms with van der Waals surface area (Å²) in [6.45, 7) is 8.10. The molecular formula is C22H27N5O7S. The molecule has 0 bridgehead atoms. The highest BCUT2D eigenvalue weighted by atomic mass is 32.2. The van der Waals surface area contributed by atoms with Gasteiger partial charge < -0.3 is 30.6 Å². The standard InChI is InChI=1S/C22H27N5O7S/c1-5-22(20(31)32)10-27-18(30)16(19(27)35-11-22)25-17(29)15(12-7-6-8-13(23)24-12)26-33-9-14(28)34-21(2,3)4/h5-8,16,19H,1,9-11H2,2-4H3,(H2,23,24)(H,25,29)(H,31,32)/t16?,19-,22?/m1/s1. The van der Waals surface area contributed by atoms with Gasteiger partial charge in [0.2, 0.25) is 12.5 Å². The van der Waals surface area contributed by atoms with Crippen molar-refractivity contribution in [1.29, 1.82) is 0 Å². The van der Waals surface area contributed by atoms with Crippen LogP contribution in [0.25, 0.3) is 0 Å². The van der Waals surface area contributed by atoms with Gasteiger partial charge in [0.1, 0.15) is 33.9 Å². The van der Waals surface area contributed by atoms with Crippen molar-refractivity contribution in [3.8, 4) is 0 Å². The van der Waals surface area contributed by atoms with Crippen LogP contribution in [0.5, 0.6) is 0 Å². The van der Waals surface area contributed by atoms with E-state index in [0.717, 1.165) is 0 Å². The summed E-state index contributed by atoms with van der Waals surface area (Å²) < 4.78 is 5.14. The number of carbonyl (C=O) groups is 4. The van der Waals surface area contributed by atoms with Crippen molar-refractivity contribution >= 4 is 47.0 Å². The number of nitrogens with zero attached hydrogens (tertiary/aromatic N) is 3. The van der Waals surface area contributed by atoms with Gasteiger partial charge in [0.25, 0.3) is 5.91 Å². The smallest absolute Gasteiger partial charge is 0.347 e. The van der Waals surface area contributed by atoms with E-state index in [2.05, 4.69) is 22.0 Å². The molecule has 0 spiro atoms. The second kappa shape index (κ2) is 9.94. The molecule has 3 heterocycles. The summed E-state index contributed by atoms with van der Waals surface area (Å²) >= 11 is 1.23. The van der Waals surface area contributed by atoms with Gasteiger partial charge in [-0.25, -0.2) is 9.78 Å². The minimum Gasteiger partial charge on any atom is -0.481 e. The number of esters is 1. The molecule has 3 atom stereocenters. The average molecular weight is 506 g/mol.